The summed E-state index contributed by atoms with van der Waals surface area (Å²) in [5.74, 6) is -0.576. The molecule has 0 radical (unpaired) electrons. The van der Waals surface area contributed by atoms with Crippen molar-refractivity contribution in [1.29, 1.82) is 0 Å². The molecule has 2 aliphatic heterocycles. The number of anilines is 2. The Morgan fingerprint density at radius 3 is 2.29 bits per heavy atom. The van der Waals surface area contributed by atoms with E-state index < -0.39 is 18.0 Å². The van der Waals surface area contributed by atoms with E-state index in [0.717, 1.165) is 49.7 Å². The van der Waals surface area contributed by atoms with Gasteiger partial charge in [-0.1, -0.05) is 36.2 Å². The van der Waals surface area contributed by atoms with Gasteiger partial charge in [0.2, 0.25) is 18.8 Å². The Bertz CT molecular complexity index is 2150. The average molecular weight is 809 g/mol. The van der Waals surface area contributed by atoms with Gasteiger partial charge in [0.15, 0.2) is 6.54 Å². The quantitative estimate of drug-likeness (QED) is 0.103. The Kier molecular flexibility index (Phi) is 12.1. The molecule has 0 spiro atoms. The van der Waals surface area contributed by atoms with Gasteiger partial charge in [-0.2, -0.15) is 5.10 Å². The van der Waals surface area contributed by atoms with Crippen LogP contribution < -0.4 is 24.8 Å². The number of hydrogen-bond acceptors (Lipinski definition) is 11. The van der Waals surface area contributed by atoms with Crippen molar-refractivity contribution in [3.8, 4) is 11.4 Å². The van der Waals surface area contributed by atoms with E-state index in [0.29, 0.717) is 21.4 Å². The summed E-state index contributed by atoms with van der Waals surface area (Å²) in [6.45, 7) is 9.97. The van der Waals surface area contributed by atoms with Crippen molar-refractivity contribution in [1.82, 2.24) is 24.1 Å². The fraction of sp³-hybridized carbons (Fsp3) is 0.410. The molecule has 0 amide bonds. The zero-order valence-corrected chi connectivity index (χ0v) is 33.0. The van der Waals surface area contributed by atoms with Gasteiger partial charge >= 0.3 is 11.8 Å². The molecular weight excluding hydrogens is 763 g/mol. The van der Waals surface area contributed by atoms with Gasteiger partial charge in [-0.15, -0.1) is 4.68 Å². The summed E-state index contributed by atoms with van der Waals surface area (Å²) in [6, 6.07) is 21.3. The Morgan fingerprint density at radius 1 is 0.946 bits per heavy atom. The molecule has 7 rings (SSSR count). The van der Waals surface area contributed by atoms with Gasteiger partial charge in [-0.05, 0) is 80.9 Å². The van der Waals surface area contributed by atoms with Gasteiger partial charge in [0.05, 0.1) is 30.0 Å². The number of carbonyl (C=O) groups excluding carboxylic acids is 1. The first kappa shape index (κ1) is 39.2. The van der Waals surface area contributed by atoms with Gasteiger partial charge in [-0.3, -0.25) is 0 Å². The van der Waals surface area contributed by atoms with Crippen molar-refractivity contribution in [3.63, 3.8) is 0 Å². The summed E-state index contributed by atoms with van der Waals surface area (Å²) in [5.41, 5.74) is 3.51. The molecule has 56 heavy (non-hydrogen) atoms. The topological polar surface area (TPSA) is 131 Å². The monoisotopic (exact) mass is 807 g/mol. The minimum Gasteiger partial charge on any atom is -0.491 e. The first-order valence-electron chi connectivity index (χ1n) is 18.6. The third-order valence-electron chi connectivity index (χ3n) is 9.91. The number of nitrogens with zero attached hydrogens (tertiary/aromatic N) is 8. The molecule has 17 heteroatoms. The molecule has 15 nitrogen and oxygen atoms in total. The molecule has 296 valence electrons. The second-order valence-electron chi connectivity index (χ2n) is 13.6. The van der Waals surface area contributed by atoms with E-state index in [1.165, 1.54) is 11.0 Å². The number of carbonyl (C=O) groups is 1. The lowest BCUT2D eigenvalue weighted by Crippen LogP contribution is -2.46. The predicted molar refractivity (Wildman–Crippen MR) is 209 cm³/mol. The summed E-state index contributed by atoms with van der Waals surface area (Å²) >= 11 is 12.9. The first-order valence-corrected chi connectivity index (χ1v) is 19.4. The summed E-state index contributed by atoms with van der Waals surface area (Å²) in [5, 5.41) is 9.57. The van der Waals surface area contributed by atoms with Crippen molar-refractivity contribution >= 4 is 40.7 Å². The molecule has 0 aliphatic carbocycles. The summed E-state index contributed by atoms with van der Waals surface area (Å²) in [7, 11) is 0. The number of rotatable bonds is 14. The molecule has 0 bridgehead atoms. The lowest BCUT2D eigenvalue weighted by atomic mass is 10.1. The van der Waals surface area contributed by atoms with Crippen molar-refractivity contribution in [2.45, 2.75) is 58.4 Å². The number of ether oxygens (including phenoxy) is 5. The van der Waals surface area contributed by atoms with Gasteiger partial charge in [0.25, 0.3) is 6.33 Å². The molecule has 4 heterocycles. The molecule has 3 unspecified atom stereocenters. The number of benzene rings is 3. The van der Waals surface area contributed by atoms with E-state index in [9.17, 15) is 9.59 Å². The minimum atomic E-state index is -1.29. The third-order valence-corrected chi connectivity index (χ3v) is 10.5. The maximum absolute atomic E-state index is 12.8. The SMILES string of the molecule is CCOC(=O)OC[n+]1cnn(CC2(c3ccc(Cl)cc3Cl)OCC(COc3ccc(N4CCN(c5ccc(-n6cnn(C(C)CC)c6=O)cc5)CC4)cc3)O2)c1. The van der Waals surface area contributed by atoms with Crippen molar-refractivity contribution in [2.24, 2.45) is 0 Å². The van der Waals surface area contributed by atoms with Gasteiger partial charge in [0.1, 0.15) is 24.8 Å². The highest BCUT2D eigenvalue weighted by Crippen LogP contribution is 2.40. The largest absolute Gasteiger partial charge is 0.510 e. The van der Waals surface area contributed by atoms with E-state index in [4.69, 9.17) is 46.9 Å². The van der Waals surface area contributed by atoms with Crippen molar-refractivity contribution < 1.29 is 33.0 Å². The highest BCUT2D eigenvalue weighted by atomic mass is 35.5. The maximum atomic E-state index is 12.8. The van der Waals surface area contributed by atoms with Crippen molar-refractivity contribution in [2.75, 3.05) is 55.8 Å². The second-order valence-corrected chi connectivity index (χ2v) is 14.5. The molecule has 3 atom stereocenters. The minimum absolute atomic E-state index is 0.0522. The van der Waals surface area contributed by atoms with Crippen molar-refractivity contribution in [3.05, 3.63) is 112 Å². The van der Waals surface area contributed by atoms with Crippen LogP contribution in [0.4, 0.5) is 16.2 Å². The summed E-state index contributed by atoms with van der Waals surface area (Å²) < 4.78 is 35.3. The third kappa shape index (κ3) is 8.81. The van der Waals surface area contributed by atoms with Crippen LogP contribution in [0.1, 0.15) is 38.8 Å². The molecular formula is C39H45Cl2N8O7+. The lowest BCUT2D eigenvalue weighted by Gasteiger charge is -2.37. The van der Waals surface area contributed by atoms with Crippen LogP contribution in [0.15, 0.2) is 90.5 Å². The highest BCUT2D eigenvalue weighted by Gasteiger charge is 2.47. The number of piperazine rings is 1. The standard InChI is InChI=1S/C39H45Cl2N8O7/c1-4-28(3)49-37(50)48(25-43-49)32-9-7-30(8-10-32)45-16-18-46(19-17-45)31-11-13-33(14-12-31)53-21-34-22-55-39(56-34,35-15-6-29(40)20-36(35)41)23-47-26-44(24-42-47)27-54-38(51)52-5-2/h6-15,20,24-26,28,34H,4-5,16-19,21-23,27H2,1-3H3/q+1. The predicted octanol–water partition coefficient (Wildman–Crippen LogP) is 5.60. The average Bonchev–Trinajstić information content (AvgIpc) is 3.95. The highest BCUT2D eigenvalue weighted by molar-refractivity contribution is 6.35. The molecule has 2 aromatic heterocycles. The second kappa shape index (κ2) is 17.4. The molecule has 2 fully saturated rings. The first-order chi connectivity index (χ1) is 27.1. The molecule has 5 aromatic rings. The van der Waals surface area contributed by atoms with Crippen LogP contribution in [0.5, 0.6) is 5.75 Å². The normalized spacial score (nSPS) is 18.9. The van der Waals surface area contributed by atoms with Crippen LogP contribution in [0, 0.1) is 0 Å². The van der Waals surface area contributed by atoms with Gasteiger partial charge in [0, 0.05) is 53.2 Å². The van der Waals surface area contributed by atoms with E-state index >= 15 is 0 Å². The Morgan fingerprint density at radius 2 is 1.62 bits per heavy atom. The maximum Gasteiger partial charge on any atom is 0.510 e. The molecule has 2 saturated heterocycles. The molecule has 2 aliphatic rings. The van der Waals surface area contributed by atoms with Gasteiger partial charge < -0.3 is 33.5 Å². The Balaban J connectivity index is 0.927. The van der Waals surface area contributed by atoms with E-state index in [2.05, 4.69) is 44.3 Å². The number of halogens is 2. The fourth-order valence-electron chi connectivity index (χ4n) is 6.72. The zero-order chi connectivity index (χ0) is 39.2. The fourth-order valence-corrected chi connectivity index (χ4v) is 7.28. The van der Waals surface area contributed by atoms with Crippen LogP contribution in [0.3, 0.4) is 0 Å². The van der Waals surface area contributed by atoms with E-state index in [1.54, 1.807) is 51.6 Å². The van der Waals surface area contributed by atoms with E-state index in [-0.39, 0.29) is 44.8 Å². The van der Waals surface area contributed by atoms with Gasteiger partial charge in [-0.25, -0.2) is 23.4 Å². The van der Waals surface area contributed by atoms with Crippen LogP contribution in [-0.2, 0) is 38.0 Å². The summed E-state index contributed by atoms with van der Waals surface area (Å²) in [6.07, 6.45) is 4.43. The molecule has 0 saturated carbocycles. The smallest absolute Gasteiger partial charge is 0.491 e. The Labute approximate surface area is 334 Å². The van der Waals surface area contributed by atoms with Crippen LogP contribution >= 0.6 is 23.2 Å². The molecule has 3 aromatic carbocycles. The number of hydrogen-bond donors (Lipinski definition) is 0. The van der Waals surface area contributed by atoms with Crippen LogP contribution in [0.25, 0.3) is 5.69 Å². The molecule has 0 N–H and O–H groups in total. The van der Waals surface area contributed by atoms with Crippen LogP contribution in [-0.4, -0.2) is 82.4 Å². The zero-order valence-electron chi connectivity index (χ0n) is 31.5. The van der Waals surface area contributed by atoms with Crippen LogP contribution in [0.2, 0.25) is 10.0 Å². The van der Waals surface area contributed by atoms with E-state index in [1.807, 2.05) is 38.1 Å². The summed E-state index contributed by atoms with van der Waals surface area (Å²) in [4.78, 5) is 29.2. The number of aromatic nitrogens is 6. The Hall–Kier alpha value is -5.09. The lowest BCUT2D eigenvalue weighted by molar-refractivity contribution is -0.728.